The highest BCUT2D eigenvalue weighted by Crippen LogP contribution is 2.28. The Morgan fingerprint density at radius 3 is 1.69 bits per heavy atom. The van der Waals surface area contributed by atoms with Gasteiger partial charge < -0.3 is 5.73 Å². The molecule has 0 amide bonds. The number of hydrogen-bond acceptors (Lipinski definition) is 1. The molecule has 4 heteroatoms. The normalized spacial score (nSPS) is 9.25. The molecule has 16 heavy (non-hydrogen) atoms. The van der Waals surface area contributed by atoms with Crippen molar-refractivity contribution in [3.05, 3.63) is 35.4 Å². The van der Waals surface area contributed by atoms with Crippen molar-refractivity contribution < 1.29 is 13.2 Å². The Morgan fingerprint density at radius 2 is 1.44 bits per heavy atom. The molecule has 0 aliphatic carbocycles. The van der Waals surface area contributed by atoms with Crippen molar-refractivity contribution in [2.75, 3.05) is 7.05 Å². The molecule has 1 nitrogen and oxygen atoms in total. The fourth-order valence-corrected chi connectivity index (χ4v) is 0.929. The summed E-state index contributed by atoms with van der Waals surface area (Å²) in [5, 5.41) is 0. The lowest BCUT2D eigenvalue weighted by atomic mass is 10.1. The number of benzene rings is 1. The van der Waals surface area contributed by atoms with E-state index in [0.29, 0.717) is 0 Å². The van der Waals surface area contributed by atoms with Crippen molar-refractivity contribution in [2.24, 2.45) is 5.73 Å². The average Bonchev–Trinajstić information content (AvgIpc) is 2.33. The summed E-state index contributed by atoms with van der Waals surface area (Å²) in [7, 11) is 1.50. The standard InChI is InChI=1S/C9H9F3.C2H2.CH5N/c1-2-7-3-5-8(6-4-7)9(10,11)12;2*1-2/h3-6H,2H2,1H3;1-2H;2H2,1H3. The van der Waals surface area contributed by atoms with E-state index in [-0.39, 0.29) is 0 Å². The summed E-state index contributed by atoms with van der Waals surface area (Å²) >= 11 is 0. The molecular formula is C12H16F3N. The first kappa shape index (κ1) is 16.9. The minimum Gasteiger partial charge on any atom is -0.333 e. The maximum atomic E-state index is 12.0. The van der Waals surface area contributed by atoms with Gasteiger partial charge in [-0.1, -0.05) is 19.1 Å². The number of rotatable bonds is 1. The zero-order chi connectivity index (χ0) is 13.2. The van der Waals surface area contributed by atoms with Crippen molar-refractivity contribution in [1.82, 2.24) is 0 Å². The van der Waals surface area contributed by atoms with Gasteiger partial charge in [-0.3, -0.25) is 0 Å². The lowest BCUT2D eigenvalue weighted by Gasteiger charge is -2.06. The molecule has 2 N–H and O–H groups in total. The molecule has 0 spiro atoms. The van der Waals surface area contributed by atoms with Crippen LogP contribution in [0.15, 0.2) is 24.3 Å². The van der Waals surface area contributed by atoms with Crippen LogP contribution in [0.4, 0.5) is 13.2 Å². The maximum absolute atomic E-state index is 12.0. The van der Waals surface area contributed by atoms with Crippen LogP contribution in [0.5, 0.6) is 0 Å². The second-order valence-electron chi connectivity index (χ2n) is 2.55. The summed E-state index contributed by atoms with van der Waals surface area (Å²) in [5.41, 5.74) is 4.84. The smallest absolute Gasteiger partial charge is 0.333 e. The molecule has 0 unspecified atom stereocenters. The Bertz CT molecular complexity index is 285. The summed E-state index contributed by atoms with van der Waals surface area (Å²) in [6.07, 6.45) is 4.55. The zero-order valence-corrected chi connectivity index (χ0v) is 9.38. The molecule has 1 rings (SSSR count). The molecule has 0 fully saturated rings. The summed E-state index contributed by atoms with van der Waals surface area (Å²) in [6, 6.07) is 5.23. The molecule has 0 aliphatic heterocycles. The SMILES string of the molecule is C#C.CCc1ccc(C(F)(F)F)cc1.CN. The summed E-state index contributed by atoms with van der Waals surface area (Å²) in [6.45, 7) is 1.91. The average molecular weight is 231 g/mol. The Kier molecular flexibility index (Phi) is 9.33. The number of aryl methyl sites for hydroxylation is 1. The molecule has 0 aromatic heterocycles. The molecule has 0 saturated carbocycles. The van der Waals surface area contributed by atoms with Gasteiger partial charge in [0.15, 0.2) is 0 Å². The minimum atomic E-state index is -4.22. The Morgan fingerprint density at radius 1 is 1.06 bits per heavy atom. The highest BCUT2D eigenvalue weighted by Gasteiger charge is 2.29. The van der Waals surface area contributed by atoms with Gasteiger partial charge in [-0.2, -0.15) is 13.2 Å². The van der Waals surface area contributed by atoms with Crippen molar-refractivity contribution in [1.29, 1.82) is 0 Å². The third-order valence-corrected chi connectivity index (χ3v) is 1.69. The molecule has 0 aliphatic rings. The number of hydrogen-bond donors (Lipinski definition) is 1. The Hall–Kier alpha value is -1.47. The maximum Gasteiger partial charge on any atom is 0.416 e. The van der Waals surface area contributed by atoms with Crippen LogP contribution in [-0.4, -0.2) is 7.05 Å². The molecule has 0 bridgehead atoms. The van der Waals surface area contributed by atoms with E-state index in [1.54, 1.807) is 0 Å². The first-order valence-electron chi connectivity index (χ1n) is 4.61. The predicted molar refractivity (Wildman–Crippen MR) is 60.8 cm³/mol. The highest BCUT2D eigenvalue weighted by molar-refractivity contribution is 5.24. The van der Waals surface area contributed by atoms with Crippen molar-refractivity contribution in [3.63, 3.8) is 0 Å². The van der Waals surface area contributed by atoms with Crippen molar-refractivity contribution in [2.45, 2.75) is 19.5 Å². The summed E-state index contributed by atoms with van der Waals surface area (Å²) in [4.78, 5) is 0. The number of nitrogens with two attached hydrogens (primary N) is 1. The predicted octanol–water partition coefficient (Wildman–Crippen LogP) is 3.09. The topological polar surface area (TPSA) is 26.0 Å². The van der Waals surface area contributed by atoms with Crippen LogP contribution in [0.1, 0.15) is 18.1 Å². The fraction of sp³-hybridized carbons (Fsp3) is 0.333. The second kappa shape index (κ2) is 8.81. The van der Waals surface area contributed by atoms with E-state index in [1.165, 1.54) is 19.2 Å². The Labute approximate surface area is 94.5 Å². The van der Waals surface area contributed by atoms with Gasteiger partial charge in [0.05, 0.1) is 5.56 Å². The van der Waals surface area contributed by atoms with Crippen molar-refractivity contribution >= 4 is 0 Å². The van der Waals surface area contributed by atoms with Gasteiger partial charge in [-0.15, -0.1) is 12.8 Å². The molecule has 0 heterocycles. The van der Waals surface area contributed by atoms with Gasteiger partial charge in [0, 0.05) is 0 Å². The van der Waals surface area contributed by atoms with Crippen LogP contribution < -0.4 is 5.73 Å². The van der Waals surface area contributed by atoms with Gasteiger partial charge in [-0.25, -0.2) is 0 Å². The van der Waals surface area contributed by atoms with Crippen LogP contribution in [0.25, 0.3) is 0 Å². The van der Waals surface area contributed by atoms with E-state index in [1.807, 2.05) is 6.92 Å². The van der Waals surface area contributed by atoms with Crippen LogP contribution in [0, 0.1) is 12.8 Å². The second-order valence-corrected chi connectivity index (χ2v) is 2.55. The zero-order valence-electron chi connectivity index (χ0n) is 9.38. The number of terminal acetylenes is 1. The van der Waals surface area contributed by atoms with Crippen LogP contribution >= 0.6 is 0 Å². The summed E-state index contributed by atoms with van der Waals surface area (Å²) < 4.78 is 36.1. The van der Waals surface area contributed by atoms with E-state index in [0.717, 1.165) is 24.1 Å². The third kappa shape index (κ3) is 6.10. The number of alkyl halides is 3. The molecule has 0 atom stereocenters. The molecule has 1 aromatic rings. The van der Waals surface area contributed by atoms with Crippen LogP contribution in [-0.2, 0) is 12.6 Å². The third-order valence-electron chi connectivity index (χ3n) is 1.69. The molecule has 0 saturated heterocycles. The first-order valence-corrected chi connectivity index (χ1v) is 4.61. The number of halogens is 3. The van der Waals surface area contributed by atoms with E-state index in [4.69, 9.17) is 0 Å². The largest absolute Gasteiger partial charge is 0.416 e. The highest BCUT2D eigenvalue weighted by atomic mass is 19.4. The molecule has 90 valence electrons. The lowest BCUT2D eigenvalue weighted by Crippen LogP contribution is -2.04. The van der Waals surface area contributed by atoms with Gasteiger partial charge in [0.2, 0.25) is 0 Å². The minimum absolute atomic E-state index is 0.584. The summed E-state index contributed by atoms with van der Waals surface area (Å²) in [5.74, 6) is 0. The van der Waals surface area contributed by atoms with E-state index in [9.17, 15) is 13.2 Å². The lowest BCUT2D eigenvalue weighted by molar-refractivity contribution is -0.137. The molecular weight excluding hydrogens is 215 g/mol. The monoisotopic (exact) mass is 231 g/mol. The van der Waals surface area contributed by atoms with Gasteiger partial charge in [-0.05, 0) is 31.2 Å². The van der Waals surface area contributed by atoms with E-state index >= 15 is 0 Å². The van der Waals surface area contributed by atoms with Crippen molar-refractivity contribution in [3.8, 4) is 12.8 Å². The molecule has 0 radical (unpaired) electrons. The molecule has 1 aromatic carbocycles. The fourth-order valence-electron chi connectivity index (χ4n) is 0.929. The van der Waals surface area contributed by atoms with E-state index < -0.39 is 11.7 Å². The van der Waals surface area contributed by atoms with E-state index in [2.05, 4.69) is 18.6 Å². The van der Waals surface area contributed by atoms with Gasteiger partial charge in [0.25, 0.3) is 0 Å². The quantitative estimate of drug-likeness (QED) is 0.738. The van der Waals surface area contributed by atoms with Gasteiger partial charge >= 0.3 is 6.18 Å². The Balaban J connectivity index is 0. The first-order chi connectivity index (χ1) is 7.54. The van der Waals surface area contributed by atoms with Gasteiger partial charge in [0.1, 0.15) is 0 Å². The van der Waals surface area contributed by atoms with Crippen LogP contribution in [0.2, 0.25) is 0 Å². The van der Waals surface area contributed by atoms with Crippen LogP contribution in [0.3, 0.4) is 0 Å².